The Balaban J connectivity index is 4.02. The first-order valence-corrected chi connectivity index (χ1v) is 12.6. The Hall–Kier alpha value is -1.34. The quantitative estimate of drug-likeness (QED) is 0.130. The van der Waals surface area contributed by atoms with Gasteiger partial charge in [-0.25, -0.2) is 0 Å². The first kappa shape index (κ1) is 29.7. The summed E-state index contributed by atoms with van der Waals surface area (Å²) in [5.74, 6) is 0.647. The van der Waals surface area contributed by atoms with Crippen LogP contribution in [0.25, 0.3) is 0 Å². The van der Waals surface area contributed by atoms with Crippen molar-refractivity contribution in [2.24, 2.45) is 5.92 Å². The first-order chi connectivity index (χ1) is 14.5. The topological polar surface area (TPSA) is 0 Å². The maximum Gasteiger partial charge on any atom is 0.0783 e. The van der Waals surface area contributed by atoms with Crippen LogP contribution in [-0.4, -0.2) is 32.2 Å². The van der Waals surface area contributed by atoms with Gasteiger partial charge in [-0.3, -0.25) is 0 Å². The first-order valence-electron chi connectivity index (χ1n) is 12.6. The van der Waals surface area contributed by atoms with Gasteiger partial charge in [0.25, 0.3) is 0 Å². The Kier molecular flexibility index (Phi) is 16.5. The van der Waals surface area contributed by atoms with E-state index in [1.807, 2.05) is 0 Å². The molecule has 0 saturated heterocycles. The molecule has 1 atom stereocenters. The van der Waals surface area contributed by atoms with Crippen LogP contribution in [0.1, 0.15) is 99.3 Å². The summed E-state index contributed by atoms with van der Waals surface area (Å²) in [5.41, 5.74) is 6.04. The van der Waals surface area contributed by atoms with Crippen molar-refractivity contribution in [3.63, 3.8) is 0 Å². The molecule has 0 saturated carbocycles. The van der Waals surface area contributed by atoms with Crippen LogP contribution in [0.2, 0.25) is 0 Å². The molecule has 0 aliphatic rings. The molecule has 0 spiro atoms. The van der Waals surface area contributed by atoms with E-state index in [0.29, 0.717) is 5.92 Å². The van der Waals surface area contributed by atoms with Crippen LogP contribution >= 0.6 is 0 Å². The molecule has 0 N–H and O–H groups in total. The van der Waals surface area contributed by atoms with Crippen LogP contribution in [-0.2, 0) is 0 Å². The normalized spacial score (nSPS) is 14.9. The van der Waals surface area contributed by atoms with Crippen molar-refractivity contribution in [2.75, 3.05) is 27.7 Å². The van der Waals surface area contributed by atoms with Crippen molar-refractivity contribution in [3.05, 3.63) is 58.7 Å². The highest BCUT2D eigenvalue weighted by Gasteiger charge is 2.05. The molecule has 0 bridgehead atoms. The average Bonchev–Trinajstić information content (AvgIpc) is 2.66. The van der Waals surface area contributed by atoms with E-state index >= 15 is 0 Å². The molecule has 0 fully saturated rings. The number of hydrogen-bond acceptors (Lipinski definition) is 0. The van der Waals surface area contributed by atoms with Gasteiger partial charge in [-0.05, 0) is 91.9 Å². The molecule has 0 radical (unpaired) electrons. The summed E-state index contributed by atoms with van der Waals surface area (Å²) in [6.07, 6.45) is 25.2. The summed E-state index contributed by atoms with van der Waals surface area (Å²) in [4.78, 5) is 0. The largest absolute Gasteiger partial charge is 0.331 e. The van der Waals surface area contributed by atoms with Crippen LogP contribution < -0.4 is 0 Å². The molecule has 0 aromatic carbocycles. The van der Waals surface area contributed by atoms with Gasteiger partial charge < -0.3 is 4.48 Å². The average molecular weight is 429 g/mol. The molecule has 0 aliphatic heterocycles. The highest BCUT2D eigenvalue weighted by Crippen LogP contribution is 2.14. The third kappa shape index (κ3) is 21.7. The van der Waals surface area contributed by atoms with E-state index in [0.717, 1.165) is 17.3 Å². The number of unbranched alkanes of at least 4 members (excludes halogenated alkanes) is 1. The Morgan fingerprint density at radius 1 is 0.677 bits per heavy atom. The van der Waals surface area contributed by atoms with E-state index < -0.39 is 0 Å². The minimum atomic E-state index is 0.647. The molecule has 31 heavy (non-hydrogen) atoms. The molecule has 0 aromatic rings. The summed E-state index contributed by atoms with van der Waals surface area (Å²) in [7, 11) is 6.82. The molecular formula is C30H54N+. The highest BCUT2D eigenvalue weighted by atomic mass is 15.3. The summed E-state index contributed by atoms with van der Waals surface area (Å²) in [6, 6.07) is 0. The standard InChI is InChI=1S/C30H54N/c1-26(2)23-24-30(6)19-13-12-17-27(3)16-10-11-18-28(4)20-14-21-29(5)22-15-25-31(7,8)9/h13,16,18-19,21,23,30H,10-12,14-15,17,20,22,24-25H2,1-9H3/q+1/b19-13+,27-16+,28-18+,29-21+. The zero-order valence-electron chi connectivity index (χ0n) is 22.6. The van der Waals surface area contributed by atoms with Crippen molar-refractivity contribution in [3.8, 4) is 0 Å². The van der Waals surface area contributed by atoms with Gasteiger partial charge in [0.15, 0.2) is 0 Å². The lowest BCUT2D eigenvalue weighted by molar-refractivity contribution is -0.870. The van der Waals surface area contributed by atoms with Crippen LogP contribution in [0.5, 0.6) is 0 Å². The second-order valence-electron chi connectivity index (χ2n) is 10.8. The van der Waals surface area contributed by atoms with E-state index in [1.54, 1.807) is 5.57 Å². The maximum atomic E-state index is 2.45. The fourth-order valence-electron chi connectivity index (χ4n) is 3.48. The molecule has 1 unspecified atom stereocenters. The lowest BCUT2D eigenvalue weighted by Crippen LogP contribution is -2.35. The van der Waals surface area contributed by atoms with Gasteiger partial charge in [-0.1, -0.05) is 65.7 Å². The maximum absolute atomic E-state index is 2.45. The van der Waals surface area contributed by atoms with Gasteiger partial charge in [0.2, 0.25) is 0 Å². The molecule has 0 aromatic heterocycles. The summed E-state index contributed by atoms with van der Waals surface area (Å²) in [5, 5.41) is 0. The van der Waals surface area contributed by atoms with E-state index in [1.165, 1.54) is 68.2 Å². The third-order valence-corrected chi connectivity index (χ3v) is 5.65. The van der Waals surface area contributed by atoms with Crippen LogP contribution in [0.3, 0.4) is 0 Å². The number of hydrogen-bond donors (Lipinski definition) is 0. The van der Waals surface area contributed by atoms with E-state index in [9.17, 15) is 0 Å². The fraction of sp³-hybridized carbons (Fsp3) is 0.667. The number of rotatable bonds is 16. The zero-order chi connectivity index (χ0) is 23.7. The summed E-state index contributed by atoms with van der Waals surface area (Å²) < 4.78 is 1.07. The zero-order valence-corrected chi connectivity index (χ0v) is 22.6. The lowest BCUT2D eigenvalue weighted by atomic mass is 10.0. The molecule has 178 valence electrons. The molecule has 1 heteroatoms. The molecule has 0 heterocycles. The van der Waals surface area contributed by atoms with Gasteiger partial charge in [0.05, 0.1) is 27.7 Å². The smallest absolute Gasteiger partial charge is 0.0783 e. The van der Waals surface area contributed by atoms with Gasteiger partial charge in [0, 0.05) is 6.42 Å². The summed E-state index contributed by atoms with van der Waals surface area (Å²) >= 11 is 0. The fourth-order valence-corrected chi connectivity index (χ4v) is 3.48. The van der Waals surface area contributed by atoms with Crippen molar-refractivity contribution in [2.45, 2.75) is 99.3 Å². The van der Waals surface area contributed by atoms with Crippen molar-refractivity contribution >= 4 is 0 Å². The number of allylic oxidation sites excluding steroid dienone is 10. The summed E-state index contributed by atoms with van der Waals surface area (Å²) in [6.45, 7) is 14.8. The predicted octanol–water partition coefficient (Wildman–Crippen LogP) is 9.20. The number of nitrogens with zero attached hydrogens (tertiary/aromatic N) is 1. The van der Waals surface area contributed by atoms with Gasteiger partial charge in [0.1, 0.15) is 0 Å². The predicted molar refractivity (Wildman–Crippen MR) is 143 cm³/mol. The van der Waals surface area contributed by atoms with Crippen molar-refractivity contribution < 1.29 is 4.48 Å². The second kappa shape index (κ2) is 17.2. The third-order valence-electron chi connectivity index (χ3n) is 5.65. The Labute approximate surface area is 196 Å². The van der Waals surface area contributed by atoms with Gasteiger partial charge in [-0.15, -0.1) is 0 Å². The lowest BCUT2D eigenvalue weighted by Gasteiger charge is -2.23. The van der Waals surface area contributed by atoms with Crippen LogP contribution in [0.4, 0.5) is 0 Å². The molecular weight excluding hydrogens is 374 g/mol. The molecule has 1 nitrogen and oxygen atoms in total. The van der Waals surface area contributed by atoms with E-state index in [4.69, 9.17) is 0 Å². The Morgan fingerprint density at radius 3 is 1.74 bits per heavy atom. The van der Waals surface area contributed by atoms with Crippen LogP contribution in [0.15, 0.2) is 58.7 Å². The Morgan fingerprint density at radius 2 is 1.19 bits per heavy atom. The molecule has 0 amide bonds. The monoisotopic (exact) mass is 428 g/mol. The molecule has 0 aliphatic carbocycles. The highest BCUT2D eigenvalue weighted by molar-refractivity contribution is 5.06. The second-order valence-corrected chi connectivity index (χ2v) is 10.8. The van der Waals surface area contributed by atoms with Gasteiger partial charge in [-0.2, -0.15) is 0 Å². The Bertz CT molecular complexity index is 615. The van der Waals surface area contributed by atoms with Crippen molar-refractivity contribution in [1.29, 1.82) is 0 Å². The minimum absolute atomic E-state index is 0.647. The van der Waals surface area contributed by atoms with Crippen molar-refractivity contribution in [1.82, 2.24) is 0 Å². The minimum Gasteiger partial charge on any atom is -0.331 e. The van der Waals surface area contributed by atoms with E-state index in [2.05, 4.69) is 99.1 Å². The van der Waals surface area contributed by atoms with E-state index in [-0.39, 0.29) is 0 Å². The molecule has 0 rings (SSSR count). The number of quaternary nitrogens is 1. The van der Waals surface area contributed by atoms with Gasteiger partial charge >= 0.3 is 0 Å². The van der Waals surface area contributed by atoms with Crippen LogP contribution in [0, 0.1) is 5.92 Å². The SMILES string of the molecule is CC(C)=CCC(C)/C=C/CC/C(C)=C/CC/C=C(\C)CC/C=C(\C)CCC[N+](C)(C)C.